The van der Waals surface area contributed by atoms with Crippen LogP contribution in [0.25, 0.3) is 5.82 Å². The lowest BCUT2D eigenvalue weighted by atomic mass is 10.1. The van der Waals surface area contributed by atoms with E-state index in [9.17, 15) is 4.79 Å². The van der Waals surface area contributed by atoms with Crippen LogP contribution in [0, 0.1) is 13.8 Å². The van der Waals surface area contributed by atoms with Crippen LogP contribution in [0.4, 0.5) is 11.4 Å². The van der Waals surface area contributed by atoms with Crippen molar-refractivity contribution >= 4 is 28.7 Å². The standard InChI is InChI=1S/C25H31N8O2/c1-7-31(14-15-35-6)19-11-12-20(17(2)16-19)27-22-23(25(34)30(4)5)28-33-18(3)32(29-24(22)33)21-10-8-9-13-26-21/h8-13,16H,7,14-15H2,1-6H3/q+1. The van der Waals surface area contributed by atoms with Gasteiger partial charge in [-0.05, 0) is 43.7 Å². The fourth-order valence-corrected chi connectivity index (χ4v) is 3.88. The Morgan fingerprint density at radius 2 is 2.00 bits per heavy atom. The van der Waals surface area contributed by atoms with E-state index in [0.29, 0.717) is 24.0 Å². The van der Waals surface area contributed by atoms with Gasteiger partial charge < -0.3 is 14.5 Å². The van der Waals surface area contributed by atoms with Crippen LogP contribution >= 0.6 is 0 Å². The maximum Gasteiger partial charge on any atom is 0.354 e. The largest absolute Gasteiger partial charge is 0.383 e. The first-order valence-corrected chi connectivity index (χ1v) is 11.5. The maximum atomic E-state index is 13.0. The molecule has 0 unspecified atom stereocenters. The molecule has 0 spiro atoms. The second-order valence-corrected chi connectivity index (χ2v) is 8.43. The van der Waals surface area contributed by atoms with Crippen LogP contribution in [0.2, 0.25) is 0 Å². The molecule has 0 saturated heterocycles. The van der Waals surface area contributed by atoms with Crippen molar-refractivity contribution < 1.29 is 14.2 Å². The number of methoxy groups -OCH3 is 1. The monoisotopic (exact) mass is 475 g/mol. The molecule has 35 heavy (non-hydrogen) atoms. The van der Waals surface area contributed by atoms with Gasteiger partial charge in [-0.2, -0.15) is 0 Å². The van der Waals surface area contributed by atoms with Gasteiger partial charge in [0.25, 0.3) is 11.7 Å². The Morgan fingerprint density at radius 3 is 2.63 bits per heavy atom. The number of rotatable bonds is 8. The second kappa shape index (κ2) is 10.1. The molecule has 3 aromatic rings. The predicted octanol–water partition coefficient (Wildman–Crippen LogP) is 2.07. The molecule has 0 bridgehead atoms. The number of fused-ring (bicyclic) bond motifs is 1. The molecule has 0 fully saturated rings. The summed E-state index contributed by atoms with van der Waals surface area (Å²) in [5, 5.41) is 9.33. The molecule has 0 radical (unpaired) electrons. The topological polar surface area (TPSA) is 92.1 Å². The van der Waals surface area contributed by atoms with Gasteiger partial charge >= 0.3 is 5.82 Å². The third-order valence-electron chi connectivity index (χ3n) is 5.84. The molecule has 0 saturated carbocycles. The fourth-order valence-electron chi connectivity index (χ4n) is 3.88. The van der Waals surface area contributed by atoms with Crippen molar-refractivity contribution in [2.45, 2.75) is 20.8 Å². The molecule has 182 valence electrons. The molecule has 10 nitrogen and oxygen atoms in total. The first kappa shape index (κ1) is 24.2. The van der Waals surface area contributed by atoms with Crippen LogP contribution in [-0.2, 0) is 9.53 Å². The number of ether oxygens (including phenoxy) is 1. The summed E-state index contributed by atoms with van der Waals surface area (Å²) in [7, 11) is 5.10. The number of carbonyl (C=O) groups excluding carboxylic acids is 1. The molecular formula is C25H31N8O2+. The first-order valence-electron chi connectivity index (χ1n) is 11.5. The number of anilines is 1. The number of hydrogen-bond donors (Lipinski definition) is 0. The smallest absolute Gasteiger partial charge is 0.354 e. The van der Waals surface area contributed by atoms with Gasteiger partial charge in [-0.3, -0.25) is 4.79 Å². The zero-order valence-corrected chi connectivity index (χ0v) is 21.1. The Kier molecular flexibility index (Phi) is 7.02. The number of benzene rings is 1. The lowest BCUT2D eigenvalue weighted by Crippen LogP contribution is -2.34. The normalized spacial score (nSPS) is 13.7. The van der Waals surface area contributed by atoms with Crippen LogP contribution in [-0.4, -0.2) is 77.9 Å². The highest BCUT2D eigenvalue weighted by atomic mass is 16.5. The number of aryl methyl sites for hydroxylation is 1. The molecule has 0 atom stereocenters. The number of hydrogen-bond acceptors (Lipinski definition) is 7. The molecule has 1 aliphatic rings. The van der Waals surface area contributed by atoms with Crippen molar-refractivity contribution in [3.05, 3.63) is 59.8 Å². The minimum atomic E-state index is -0.232. The highest BCUT2D eigenvalue weighted by molar-refractivity contribution is 6.70. The van der Waals surface area contributed by atoms with Gasteiger partial charge in [0.05, 0.1) is 17.4 Å². The number of nitrogens with zero attached hydrogens (tertiary/aromatic N) is 8. The summed E-state index contributed by atoms with van der Waals surface area (Å²) in [6.07, 6.45) is 1.71. The second-order valence-electron chi connectivity index (χ2n) is 8.43. The third-order valence-corrected chi connectivity index (χ3v) is 5.84. The predicted molar refractivity (Wildman–Crippen MR) is 135 cm³/mol. The van der Waals surface area contributed by atoms with Gasteiger partial charge in [-0.1, -0.05) is 20.5 Å². The Hall–Kier alpha value is -3.92. The molecule has 10 heteroatoms. The molecule has 0 aliphatic carbocycles. The lowest BCUT2D eigenvalue weighted by molar-refractivity contribution is -0.683. The zero-order valence-electron chi connectivity index (χ0n) is 21.1. The molecule has 3 heterocycles. The Bertz CT molecular complexity index is 1290. The Labute approximate surface area is 205 Å². The zero-order chi connectivity index (χ0) is 25.1. The third kappa shape index (κ3) is 4.69. The Balaban J connectivity index is 1.79. The van der Waals surface area contributed by atoms with E-state index in [-0.39, 0.29) is 11.6 Å². The number of pyridine rings is 1. The van der Waals surface area contributed by atoms with E-state index >= 15 is 0 Å². The van der Waals surface area contributed by atoms with Crippen LogP contribution in [0.3, 0.4) is 0 Å². The van der Waals surface area contributed by atoms with Crippen LogP contribution in [0.1, 0.15) is 24.1 Å². The molecule has 4 rings (SSSR count). The van der Waals surface area contributed by atoms with E-state index in [1.807, 2.05) is 44.2 Å². The van der Waals surface area contributed by atoms with Gasteiger partial charge in [-0.25, -0.2) is 9.98 Å². The van der Waals surface area contributed by atoms with E-state index in [0.717, 1.165) is 35.9 Å². The van der Waals surface area contributed by atoms with Gasteiger partial charge in [0.15, 0.2) is 11.4 Å². The van der Waals surface area contributed by atoms with Crippen molar-refractivity contribution in [3.63, 3.8) is 0 Å². The summed E-state index contributed by atoms with van der Waals surface area (Å²) in [6, 6.07) is 11.7. The number of amides is 1. The van der Waals surface area contributed by atoms with Crippen molar-refractivity contribution in [3.8, 4) is 5.82 Å². The van der Waals surface area contributed by atoms with E-state index in [2.05, 4.69) is 28.0 Å². The molecule has 0 N–H and O–H groups in total. The van der Waals surface area contributed by atoms with Crippen molar-refractivity contribution in [2.24, 2.45) is 10.1 Å². The molecule has 1 aliphatic heterocycles. The van der Waals surface area contributed by atoms with E-state index in [4.69, 9.17) is 14.8 Å². The quantitative estimate of drug-likeness (QED) is 0.465. The average Bonchev–Trinajstić information content (AvgIpc) is 3.37. The highest BCUT2D eigenvalue weighted by Crippen LogP contribution is 2.26. The van der Waals surface area contributed by atoms with Gasteiger partial charge in [0.2, 0.25) is 5.82 Å². The molecule has 1 aromatic carbocycles. The minimum absolute atomic E-state index is 0.232. The average molecular weight is 476 g/mol. The summed E-state index contributed by atoms with van der Waals surface area (Å²) in [4.78, 5) is 26.0. The lowest BCUT2D eigenvalue weighted by Gasteiger charge is -2.23. The Morgan fingerprint density at radius 1 is 1.20 bits per heavy atom. The SMILES string of the molecule is CCN(CCOC)c1ccc(N=C2C(C(=O)N(C)C)=N[n+]3c2nn(-c2ccccn2)c3C)c(C)c1. The molecule has 2 aromatic heterocycles. The van der Waals surface area contributed by atoms with Crippen LogP contribution < -0.4 is 9.58 Å². The van der Waals surface area contributed by atoms with Crippen molar-refractivity contribution in [1.82, 2.24) is 19.7 Å². The van der Waals surface area contributed by atoms with E-state index < -0.39 is 0 Å². The number of likely N-dealkylation sites (N-methyl/N-ethyl adjacent to an activating group) is 1. The summed E-state index contributed by atoms with van der Waals surface area (Å²) < 4.78 is 8.60. The number of carbonyl (C=O) groups is 1. The maximum absolute atomic E-state index is 13.0. The fraction of sp³-hybridized carbons (Fsp3) is 0.360. The minimum Gasteiger partial charge on any atom is -0.383 e. The van der Waals surface area contributed by atoms with Gasteiger partial charge in [0, 0.05) is 59.2 Å². The van der Waals surface area contributed by atoms with Crippen molar-refractivity contribution in [2.75, 3.05) is 45.8 Å². The summed E-state index contributed by atoms with van der Waals surface area (Å²) in [5.41, 5.74) is 3.53. The number of aliphatic imine (C=N–C) groups is 1. The van der Waals surface area contributed by atoms with E-state index in [1.54, 1.807) is 36.8 Å². The molecule has 1 amide bonds. The summed E-state index contributed by atoms with van der Waals surface area (Å²) >= 11 is 0. The summed E-state index contributed by atoms with van der Waals surface area (Å²) in [5.74, 6) is 1.65. The summed E-state index contributed by atoms with van der Waals surface area (Å²) in [6.45, 7) is 8.34. The van der Waals surface area contributed by atoms with Crippen LogP contribution in [0.15, 0.2) is 52.7 Å². The first-order chi connectivity index (χ1) is 16.8. The van der Waals surface area contributed by atoms with Gasteiger partial charge in [0.1, 0.15) is 0 Å². The van der Waals surface area contributed by atoms with Crippen LogP contribution in [0.5, 0.6) is 0 Å². The van der Waals surface area contributed by atoms with Crippen molar-refractivity contribution in [1.29, 1.82) is 0 Å². The highest BCUT2D eigenvalue weighted by Gasteiger charge is 2.41. The van der Waals surface area contributed by atoms with Gasteiger partial charge in [-0.15, -0.1) is 0 Å². The van der Waals surface area contributed by atoms with E-state index in [1.165, 1.54) is 4.90 Å². The number of aromatic nitrogens is 4. The molecular weight excluding hydrogens is 444 g/mol.